The Kier molecular flexibility index (Phi) is 8.01. The maximum absolute atomic E-state index is 12.1. The summed E-state index contributed by atoms with van der Waals surface area (Å²) in [6.07, 6.45) is 3.33. The molecule has 1 amide bonds. The predicted octanol–water partition coefficient (Wildman–Crippen LogP) is 3.16. The van der Waals surface area contributed by atoms with Crippen molar-refractivity contribution in [2.75, 3.05) is 6.54 Å². The Morgan fingerprint density at radius 2 is 2.18 bits per heavy atom. The second kappa shape index (κ2) is 9.23. The van der Waals surface area contributed by atoms with Crippen LogP contribution in [0.15, 0.2) is 24.3 Å². The van der Waals surface area contributed by atoms with Crippen LogP contribution in [0.25, 0.3) is 0 Å². The molecule has 2 rings (SSSR count). The fraction of sp³-hybridized carbons (Fsp3) is 0.562. The Bertz CT molecular complexity index is 485. The molecule has 0 aliphatic heterocycles. The molecular formula is C16H24Cl2N2O2. The largest absolute Gasteiger partial charge is 0.487 e. The first-order valence-corrected chi connectivity index (χ1v) is 7.92. The van der Waals surface area contributed by atoms with Crippen molar-refractivity contribution >= 4 is 29.9 Å². The summed E-state index contributed by atoms with van der Waals surface area (Å²) in [7, 11) is 0. The Balaban J connectivity index is 0.00000242. The average molecular weight is 347 g/mol. The van der Waals surface area contributed by atoms with Crippen LogP contribution in [0.1, 0.15) is 32.6 Å². The van der Waals surface area contributed by atoms with E-state index in [2.05, 4.69) is 5.32 Å². The Morgan fingerprint density at radius 1 is 1.45 bits per heavy atom. The van der Waals surface area contributed by atoms with Gasteiger partial charge in [0, 0.05) is 12.0 Å². The van der Waals surface area contributed by atoms with Crippen molar-refractivity contribution in [3.05, 3.63) is 29.3 Å². The number of para-hydroxylation sites is 1. The van der Waals surface area contributed by atoms with Crippen molar-refractivity contribution in [2.45, 2.75) is 44.8 Å². The van der Waals surface area contributed by atoms with E-state index in [0.29, 0.717) is 17.3 Å². The van der Waals surface area contributed by atoms with Crippen LogP contribution in [-0.2, 0) is 4.79 Å². The summed E-state index contributed by atoms with van der Waals surface area (Å²) in [5.74, 6) is 0.796. The van der Waals surface area contributed by atoms with Gasteiger partial charge in [-0.3, -0.25) is 4.79 Å². The first kappa shape index (κ1) is 19.1. The normalized spacial score (nSPS) is 21.8. The highest BCUT2D eigenvalue weighted by Crippen LogP contribution is 2.25. The number of benzene rings is 1. The lowest BCUT2D eigenvalue weighted by molar-refractivity contribution is -0.125. The molecule has 3 unspecified atom stereocenters. The predicted molar refractivity (Wildman–Crippen MR) is 91.7 cm³/mol. The van der Waals surface area contributed by atoms with E-state index in [0.717, 1.165) is 25.7 Å². The fourth-order valence-corrected chi connectivity index (χ4v) is 2.78. The zero-order chi connectivity index (χ0) is 15.2. The van der Waals surface area contributed by atoms with Crippen molar-refractivity contribution in [1.82, 2.24) is 5.32 Å². The van der Waals surface area contributed by atoms with Crippen LogP contribution in [0.5, 0.6) is 5.75 Å². The number of hydrogen-bond acceptors (Lipinski definition) is 3. The third-order valence-corrected chi connectivity index (χ3v) is 4.25. The van der Waals surface area contributed by atoms with Crippen molar-refractivity contribution in [1.29, 1.82) is 0 Å². The molecule has 1 aliphatic rings. The molecule has 1 fully saturated rings. The molecule has 0 spiro atoms. The van der Waals surface area contributed by atoms with Crippen LogP contribution in [0.4, 0.5) is 0 Å². The highest BCUT2D eigenvalue weighted by molar-refractivity contribution is 6.32. The number of nitrogens with one attached hydrogen (secondary N) is 1. The monoisotopic (exact) mass is 346 g/mol. The van der Waals surface area contributed by atoms with Crippen molar-refractivity contribution in [3.63, 3.8) is 0 Å². The van der Waals surface area contributed by atoms with E-state index >= 15 is 0 Å². The Labute approximate surface area is 143 Å². The van der Waals surface area contributed by atoms with Crippen molar-refractivity contribution < 1.29 is 9.53 Å². The van der Waals surface area contributed by atoms with Gasteiger partial charge in [0.2, 0.25) is 5.91 Å². The molecule has 0 heterocycles. The fourth-order valence-electron chi connectivity index (χ4n) is 2.60. The first-order valence-electron chi connectivity index (χ1n) is 7.54. The van der Waals surface area contributed by atoms with Crippen LogP contribution in [-0.4, -0.2) is 24.6 Å². The molecule has 3 atom stereocenters. The van der Waals surface area contributed by atoms with Gasteiger partial charge in [0.1, 0.15) is 11.9 Å². The maximum atomic E-state index is 12.1. The molecule has 1 saturated carbocycles. The molecule has 1 aromatic carbocycles. The summed E-state index contributed by atoms with van der Waals surface area (Å²) in [4.78, 5) is 12.1. The van der Waals surface area contributed by atoms with E-state index in [1.165, 1.54) is 0 Å². The molecule has 1 aliphatic carbocycles. The highest BCUT2D eigenvalue weighted by Gasteiger charge is 2.27. The molecule has 1 aromatic rings. The van der Waals surface area contributed by atoms with Gasteiger partial charge >= 0.3 is 0 Å². The SMILES string of the molecule is CCC(CNC(=O)C1CCC(N)C1)Oc1ccccc1Cl.Cl. The third-order valence-electron chi connectivity index (χ3n) is 3.93. The number of amides is 1. The molecule has 0 aromatic heterocycles. The lowest BCUT2D eigenvalue weighted by Gasteiger charge is -2.20. The van der Waals surface area contributed by atoms with E-state index < -0.39 is 0 Å². The van der Waals surface area contributed by atoms with E-state index in [-0.39, 0.29) is 36.4 Å². The molecule has 4 nitrogen and oxygen atoms in total. The number of nitrogens with two attached hydrogens (primary N) is 1. The molecule has 22 heavy (non-hydrogen) atoms. The van der Waals surface area contributed by atoms with Crippen LogP contribution >= 0.6 is 24.0 Å². The lowest BCUT2D eigenvalue weighted by atomic mass is 10.1. The number of rotatable bonds is 6. The highest BCUT2D eigenvalue weighted by atomic mass is 35.5. The van der Waals surface area contributed by atoms with Gasteiger partial charge in [-0.25, -0.2) is 0 Å². The number of hydrogen-bond donors (Lipinski definition) is 2. The van der Waals surface area contributed by atoms with Gasteiger partial charge in [-0.1, -0.05) is 30.7 Å². The molecule has 124 valence electrons. The van der Waals surface area contributed by atoms with Gasteiger partial charge in [0.15, 0.2) is 0 Å². The summed E-state index contributed by atoms with van der Waals surface area (Å²) >= 11 is 6.08. The van der Waals surface area contributed by atoms with Gasteiger partial charge in [-0.2, -0.15) is 0 Å². The minimum absolute atomic E-state index is 0. The zero-order valence-electron chi connectivity index (χ0n) is 12.8. The lowest BCUT2D eigenvalue weighted by Crippen LogP contribution is -2.38. The quantitative estimate of drug-likeness (QED) is 0.831. The Hall–Kier alpha value is -0.970. The van der Waals surface area contributed by atoms with Crippen LogP contribution in [0, 0.1) is 5.92 Å². The number of carbonyl (C=O) groups excluding carboxylic acids is 1. The second-order valence-corrected chi connectivity index (χ2v) is 6.00. The zero-order valence-corrected chi connectivity index (χ0v) is 14.3. The van der Waals surface area contributed by atoms with Crippen LogP contribution < -0.4 is 15.8 Å². The van der Waals surface area contributed by atoms with E-state index in [1.807, 2.05) is 25.1 Å². The smallest absolute Gasteiger partial charge is 0.223 e. The topological polar surface area (TPSA) is 64.4 Å². The molecule has 6 heteroatoms. The number of carbonyl (C=O) groups is 1. The third kappa shape index (κ3) is 5.34. The van der Waals surface area contributed by atoms with Gasteiger partial charge in [0.25, 0.3) is 0 Å². The molecular weight excluding hydrogens is 323 g/mol. The second-order valence-electron chi connectivity index (χ2n) is 5.59. The summed E-state index contributed by atoms with van der Waals surface area (Å²) in [6, 6.07) is 7.54. The molecule has 3 N–H and O–H groups in total. The van der Waals surface area contributed by atoms with Crippen LogP contribution in [0.2, 0.25) is 5.02 Å². The van der Waals surface area contributed by atoms with E-state index in [4.69, 9.17) is 22.1 Å². The van der Waals surface area contributed by atoms with Crippen molar-refractivity contribution in [2.24, 2.45) is 11.7 Å². The van der Waals surface area contributed by atoms with Gasteiger partial charge < -0.3 is 15.8 Å². The summed E-state index contributed by atoms with van der Waals surface area (Å²) in [6.45, 7) is 2.52. The maximum Gasteiger partial charge on any atom is 0.223 e. The Morgan fingerprint density at radius 3 is 2.77 bits per heavy atom. The van der Waals surface area contributed by atoms with Gasteiger partial charge in [0.05, 0.1) is 11.6 Å². The summed E-state index contributed by atoms with van der Waals surface area (Å²) < 4.78 is 5.86. The number of halogens is 2. The van der Waals surface area contributed by atoms with E-state index in [1.54, 1.807) is 6.07 Å². The molecule has 0 saturated heterocycles. The average Bonchev–Trinajstić information content (AvgIpc) is 2.91. The minimum atomic E-state index is -0.0797. The molecule has 0 bridgehead atoms. The summed E-state index contributed by atoms with van der Waals surface area (Å²) in [5, 5.41) is 3.56. The minimum Gasteiger partial charge on any atom is -0.487 e. The van der Waals surface area contributed by atoms with Gasteiger partial charge in [-0.15, -0.1) is 12.4 Å². The van der Waals surface area contributed by atoms with Gasteiger partial charge in [-0.05, 0) is 37.8 Å². The first-order chi connectivity index (χ1) is 10.1. The van der Waals surface area contributed by atoms with Crippen LogP contribution in [0.3, 0.4) is 0 Å². The van der Waals surface area contributed by atoms with Crippen molar-refractivity contribution in [3.8, 4) is 5.75 Å². The number of ether oxygens (including phenoxy) is 1. The molecule has 0 radical (unpaired) electrons. The van der Waals surface area contributed by atoms with E-state index in [9.17, 15) is 4.79 Å². The standard InChI is InChI=1S/C16H23ClN2O2.ClH/c1-2-13(21-15-6-4-3-5-14(15)17)10-19-16(20)11-7-8-12(18)9-11;/h3-6,11-13H,2,7-10,18H2,1H3,(H,19,20);1H. The summed E-state index contributed by atoms with van der Waals surface area (Å²) in [5.41, 5.74) is 5.84.